The molecule has 0 radical (unpaired) electrons. The Morgan fingerprint density at radius 1 is 0.889 bits per heavy atom. The standard InChI is InChI=1S/C21H19N3O3/c25-19(23-17-12-7-13-22-21(17)27)14-18(15-8-3-1-4-9-15)24-20(26)16-10-5-2-6-11-16/h1-13,18H,14H2,(H,22,27)(H,23,25)(H,24,26). The maximum Gasteiger partial charge on any atom is 0.271 e. The number of carbonyl (C=O) groups is 2. The zero-order valence-electron chi connectivity index (χ0n) is 14.5. The molecular formula is C21H19N3O3. The fraction of sp³-hybridized carbons (Fsp3) is 0.0952. The number of hydrogen-bond donors (Lipinski definition) is 3. The van der Waals surface area contributed by atoms with Crippen molar-refractivity contribution in [2.45, 2.75) is 12.5 Å². The molecule has 6 nitrogen and oxygen atoms in total. The minimum Gasteiger partial charge on any atom is -0.345 e. The zero-order valence-corrected chi connectivity index (χ0v) is 14.5. The van der Waals surface area contributed by atoms with Gasteiger partial charge in [-0.05, 0) is 29.8 Å². The summed E-state index contributed by atoms with van der Waals surface area (Å²) in [4.78, 5) is 39.2. The molecule has 1 aromatic heterocycles. The van der Waals surface area contributed by atoms with E-state index in [1.807, 2.05) is 36.4 Å². The Hall–Kier alpha value is -3.67. The Morgan fingerprint density at radius 2 is 1.56 bits per heavy atom. The van der Waals surface area contributed by atoms with Crippen LogP contribution < -0.4 is 16.2 Å². The summed E-state index contributed by atoms with van der Waals surface area (Å²) in [5.41, 5.74) is 1.11. The van der Waals surface area contributed by atoms with E-state index in [-0.39, 0.29) is 29.5 Å². The zero-order chi connectivity index (χ0) is 19.1. The number of nitrogens with one attached hydrogen (secondary N) is 3. The molecule has 1 unspecified atom stereocenters. The molecule has 0 aliphatic carbocycles. The molecule has 6 heteroatoms. The van der Waals surface area contributed by atoms with E-state index in [1.54, 1.807) is 30.3 Å². The molecule has 0 aliphatic rings. The van der Waals surface area contributed by atoms with Gasteiger partial charge in [0.1, 0.15) is 5.69 Å². The van der Waals surface area contributed by atoms with Gasteiger partial charge in [0.15, 0.2) is 0 Å². The van der Waals surface area contributed by atoms with Gasteiger partial charge in [0.25, 0.3) is 11.5 Å². The van der Waals surface area contributed by atoms with E-state index in [2.05, 4.69) is 15.6 Å². The van der Waals surface area contributed by atoms with Crippen LogP contribution in [0.25, 0.3) is 0 Å². The average molecular weight is 361 g/mol. The molecule has 1 heterocycles. The Labute approximate surface area is 156 Å². The summed E-state index contributed by atoms with van der Waals surface area (Å²) in [6.45, 7) is 0. The molecule has 0 fully saturated rings. The number of hydrogen-bond acceptors (Lipinski definition) is 3. The molecule has 2 aromatic carbocycles. The topological polar surface area (TPSA) is 91.1 Å². The third-order valence-electron chi connectivity index (χ3n) is 4.03. The molecule has 3 rings (SSSR count). The van der Waals surface area contributed by atoms with Crippen LogP contribution in [0.5, 0.6) is 0 Å². The molecule has 0 bridgehead atoms. The maximum atomic E-state index is 12.5. The van der Waals surface area contributed by atoms with Crippen LogP contribution in [0, 0.1) is 0 Å². The highest BCUT2D eigenvalue weighted by Gasteiger charge is 2.19. The summed E-state index contributed by atoms with van der Waals surface area (Å²) in [6.07, 6.45) is 1.49. The number of carbonyl (C=O) groups excluding carboxylic acids is 2. The van der Waals surface area contributed by atoms with Gasteiger partial charge in [-0.2, -0.15) is 0 Å². The maximum absolute atomic E-state index is 12.5. The van der Waals surface area contributed by atoms with Crippen molar-refractivity contribution < 1.29 is 9.59 Å². The van der Waals surface area contributed by atoms with Crippen molar-refractivity contribution in [1.29, 1.82) is 0 Å². The number of aromatic nitrogens is 1. The lowest BCUT2D eigenvalue weighted by atomic mass is 10.0. The number of pyridine rings is 1. The van der Waals surface area contributed by atoms with E-state index in [1.165, 1.54) is 12.3 Å². The number of anilines is 1. The lowest BCUT2D eigenvalue weighted by molar-refractivity contribution is -0.116. The first-order valence-electron chi connectivity index (χ1n) is 8.52. The third-order valence-corrected chi connectivity index (χ3v) is 4.03. The van der Waals surface area contributed by atoms with Crippen LogP contribution in [0.3, 0.4) is 0 Å². The van der Waals surface area contributed by atoms with Gasteiger partial charge < -0.3 is 15.6 Å². The Kier molecular flexibility index (Phi) is 5.79. The van der Waals surface area contributed by atoms with E-state index in [4.69, 9.17) is 0 Å². The molecule has 3 N–H and O–H groups in total. The summed E-state index contributed by atoms with van der Waals surface area (Å²) in [5, 5.41) is 5.48. The average Bonchev–Trinajstić information content (AvgIpc) is 2.70. The van der Waals surface area contributed by atoms with Crippen LogP contribution in [0.15, 0.2) is 83.8 Å². The van der Waals surface area contributed by atoms with E-state index in [9.17, 15) is 14.4 Å². The molecule has 0 spiro atoms. The van der Waals surface area contributed by atoms with Crippen molar-refractivity contribution in [2.24, 2.45) is 0 Å². The quantitative estimate of drug-likeness (QED) is 0.630. The molecule has 27 heavy (non-hydrogen) atoms. The van der Waals surface area contributed by atoms with Crippen molar-refractivity contribution >= 4 is 17.5 Å². The van der Waals surface area contributed by atoms with Gasteiger partial charge in [0, 0.05) is 11.8 Å². The van der Waals surface area contributed by atoms with E-state index < -0.39 is 6.04 Å². The van der Waals surface area contributed by atoms with Crippen LogP contribution in [0.2, 0.25) is 0 Å². The lowest BCUT2D eigenvalue weighted by Gasteiger charge is -2.19. The summed E-state index contributed by atoms with van der Waals surface area (Å²) >= 11 is 0. The Bertz CT molecular complexity index is 968. The minimum absolute atomic E-state index is 0.00305. The third kappa shape index (κ3) is 4.92. The highest BCUT2D eigenvalue weighted by atomic mass is 16.2. The molecular weight excluding hydrogens is 342 g/mol. The second-order valence-electron chi connectivity index (χ2n) is 5.97. The molecule has 2 amide bonds. The van der Waals surface area contributed by atoms with Crippen LogP contribution in [-0.4, -0.2) is 16.8 Å². The second-order valence-corrected chi connectivity index (χ2v) is 5.97. The van der Waals surface area contributed by atoms with Crippen LogP contribution in [0.1, 0.15) is 28.4 Å². The first-order chi connectivity index (χ1) is 13.1. The number of benzene rings is 2. The minimum atomic E-state index is -0.526. The van der Waals surface area contributed by atoms with E-state index >= 15 is 0 Å². The van der Waals surface area contributed by atoms with Crippen molar-refractivity contribution in [2.75, 3.05) is 5.32 Å². The Balaban J connectivity index is 1.76. The monoisotopic (exact) mass is 361 g/mol. The second kappa shape index (κ2) is 8.62. The van der Waals surface area contributed by atoms with Gasteiger partial charge in [0.05, 0.1) is 12.5 Å². The van der Waals surface area contributed by atoms with Crippen molar-refractivity contribution in [3.05, 3.63) is 100 Å². The van der Waals surface area contributed by atoms with Crippen LogP contribution in [-0.2, 0) is 4.79 Å². The Morgan fingerprint density at radius 3 is 2.22 bits per heavy atom. The normalized spacial score (nSPS) is 11.4. The predicted molar refractivity (Wildman–Crippen MR) is 103 cm³/mol. The van der Waals surface area contributed by atoms with Crippen LogP contribution >= 0.6 is 0 Å². The molecule has 1 atom stereocenters. The molecule has 136 valence electrons. The highest BCUT2D eigenvalue weighted by molar-refractivity contribution is 5.95. The number of amides is 2. The molecule has 0 saturated heterocycles. The van der Waals surface area contributed by atoms with E-state index in [0.29, 0.717) is 5.56 Å². The molecule has 3 aromatic rings. The summed E-state index contributed by atoms with van der Waals surface area (Å²) in [7, 11) is 0. The molecule has 0 aliphatic heterocycles. The fourth-order valence-electron chi connectivity index (χ4n) is 2.68. The number of rotatable bonds is 6. The van der Waals surface area contributed by atoms with Gasteiger partial charge in [0.2, 0.25) is 5.91 Å². The summed E-state index contributed by atoms with van der Waals surface area (Å²) < 4.78 is 0. The predicted octanol–water partition coefficient (Wildman–Crippen LogP) is 2.87. The van der Waals surface area contributed by atoms with Crippen molar-refractivity contribution in [3.63, 3.8) is 0 Å². The van der Waals surface area contributed by atoms with Gasteiger partial charge in [-0.3, -0.25) is 14.4 Å². The van der Waals surface area contributed by atoms with Gasteiger partial charge in [-0.25, -0.2) is 0 Å². The van der Waals surface area contributed by atoms with Crippen LogP contribution in [0.4, 0.5) is 5.69 Å². The fourth-order valence-corrected chi connectivity index (χ4v) is 2.68. The van der Waals surface area contributed by atoms with Crippen molar-refractivity contribution in [3.8, 4) is 0 Å². The van der Waals surface area contributed by atoms with Crippen molar-refractivity contribution in [1.82, 2.24) is 10.3 Å². The SMILES string of the molecule is O=C(CC(NC(=O)c1ccccc1)c1ccccc1)Nc1ccc[nH]c1=O. The van der Waals surface area contributed by atoms with Gasteiger partial charge in [-0.15, -0.1) is 0 Å². The smallest absolute Gasteiger partial charge is 0.271 e. The lowest BCUT2D eigenvalue weighted by Crippen LogP contribution is -2.32. The van der Waals surface area contributed by atoms with Gasteiger partial charge >= 0.3 is 0 Å². The first kappa shape index (κ1) is 18.1. The van der Waals surface area contributed by atoms with E-state index in [0.717, 1.165) is 5.56 Å². The molecule has 0 saturated carbocycles. The highest BCUT2D eigenvalue weighted by Crippen LogP contribution is 2.18. The number of aromatic amines is 1. The largest absolute Gasteiger partial charge is 0.345 e. The number of H-pyrrole nitrogens is 1. The summed E-state index contributed by atoms with van der Waals surface area (Å²) in [6, 6.07) is 20.7. The van der Waals surface area contributed by atoms with Gasteiger partial charge in [-0.1, -0.05) is 48.5 Å². The summed E-state index contributed by atoms with van der Waals surface area (Å²) in [5.74, 6) is -0.635. The first-order valence-corrected chi connectivity index (χ1v) is 8.52.